The minimum absolute atomic E-state index is 0.0197. The van der Waals surface area contributed by atoms with Crippen LogP contribution < -0.4 is 4.90 Å². The Morgan fingerprint density at radius 1 is 1.03 bits per heavy atom. The van der Waals surface area contributed by atoms with Gasteiger partial charge in [0.15, 0.2) is 5.82 Å². The van der Waals surface area contributed by atoms with Crippen molar-refractivity contribution >= 4 is 23.5 Å². The van der Waals surface area contributed by atoms with Crippen LogP contribution in [0.5, 0.6) is 0 Å². The normalized spacial score (nSPS) is 14.3. The Bertz CT molecular complexity index is 1060. The molecule has 3 aromatic rings. The molecule has 1 saturated heterocycles. The minimum Gasteiger partial charge on any atom is -0.353 e. The summed E-state index contributed by atoms with van der Waals surface area (Å²) in [7, 11) is 0. The number of anilines is 1. The molecule has 152 valence electrons. The number of nitro benzene ring substituents is 1. The second-order valence-electron chi connectivity index (χ2n) is 6.57. The van der Waals surface area contributed by atoms with Crippen LogP contribution in [-0.2, 0) is 4.79 Å². The molecule has 3 heterocycles. The summed E-state index contributed by atoms with van der Waals surface area (Å²) in [5.74, 6) is 1.30. The first kappa shape index (κ1) is 19.2. The second kappa shape index (κ2) is 8.47. The van der Waals surface area contributed by atoms with Crippen molar-refractivity contribution in [3.63, 3.8) is 0 Å². The molecular formula is C19H18N8O3. The van der Waals surface area contributed by atoms with Gasteiger partial charge in [-0.15, -0.1) is 0 Å². The lowest BCUT2D eigenvalue weighted by atomic mass is 10.2. The summed E-state index contributed by atoms with van der Waals surface area (Å²) in [6.45, 7) is 2.41. The molecule has 0 N–H and O–H groups in total. The number of aromatic nitrogens is 5. The zero-order valence-electron chi connectivity index (χ0n) is 15.9. The van der Waals surface area contributed by atoms with Gasteiger partial charge in [-0.05, 0) is 23.8 Å². The third-order valence-corrected chi connectivity index (χ3v) is 4.73. The molecule has 1 aliphatic heterocycles. The Balaban J connectivity index is 1.34. The van der Waals surface area contributed by atoms with E-state index in [1.165, 1.54) is 30.9 Å². The fourth-order valence-corrected chi connectivity index (χ4v) is 3.10. The average molecular weight is 406 g/mol. The van der Waals surface area contributed by atoms with Gasteiger partial charge in [0.05, 0.1) is 4.92 Å². The van der Waals surface area contributed by atoms with E-state index in [0.29, 0.717) is 32.0 Å². The highest BCUT2D eigenvalue weighted by molar-refractivity contribution is 5.92. The molecule has 1 fully saturated rings. The number of benzene rings is 1. The third-order valence-electron chi connectivity index (χ3n) is 4.73. The maximum absolute atomic E-state index is 12.5. The first-order valence-electron chi connectivity index (χ1n) is 9.23. The van der Waals surface area contributed by atoms with E-state index < -0.39 is 4.92 Å². The summed E-state index contributed by atoms with van der Waals surface area (Å²) in [6.07, 6.45) is 7.64. The smallest absolute Gasteiger partial charge is 0.269 e. The number of carbonyl (C=O) groups is 1. The summed E-state index contributed by atoms with van der Waals surface area (Å²) in [4.78, 5) is 39.0. The Morgan fingerprint density at radius 3 is 2.43 bits per heavy atom. The fourth-order valence-electron chi connectivity index (χ4n) is 3.10. The number of hydrogen-bond donors (Lipinski definition) is 0. The van der Waals surface area contributed by atoms with Crippen LogP contribution in [0.4, 0.5) is 11.5 Å². The van der Waals surface area contributed by atoms with Crippen molar-refractivity contribution in [1.82, 2.24) is 29.6 Å². The molecule has 1 aromatic carbocycles. The monoisotopic (exact) mass is 406 g/mol. The van der Waals surface area contributed by atoms with Crippen molar-refractivity contribution in [1.29, 1.82) is 0 Å². The highest BCUT2D eigenvalue weighted by Crippen LogP contribution is 2.16. The largest absolute Gasteiger partial charge is 0.353 e. The van der Waals surface area contributed by atoms with E-state index in [2.05, 4.69) is 25.0 Å². The number of non-ortho nitro benzene ring substituents is 1. The molecule has 0 spiro atoms. The molecule has 2 aromatic heterocycles. The predicted octanol–water partition coefficient (Wildman–Crippen LogP) is 1.33. The van der Waals surface area contributed by atoms with Gasteiger partial charge in [0.2, 0.25) is 5.91 Å². The number of amides is 1. The molecule has 30 heavy (non-hydrogen) atoms. The predicted molar refractivity (Wildman–Crippen MR) is 108 cm³/mol. The number of carbonyl (C=O) groups excluding carboxylic acids is 1. The molecule has 0 bridgehead atoms. The summed E-state index contributed by atoms with van der Waals surface area (Å²) in [5.41, 5.74) is 0.750. The molecule has 4 rings (SSSR count). The lowest BCUT2D eigenvalue weighted by Gasteiger charge is -2.34. The van der Waals surface area contributed by atoms with E-state index in [1.54, 1.807) is 34.1 Å². The van der Waals surface area contributed by atoms with E-state index in [9.17, 15) is 14.9 Å². The van der Waals surface area contributed by atoms with Gasteiger partial charge in [0.25, 0.3) is 5.69 Å². The molecule has 0 atom stereocenters. The lowest BCUT2D eigenvalue weighted by Crippen LogP contribution is -2.48. The van der Waals surface area contributed by atoms with E-state index in [0.717, 1.165) is 11.4 Å². The zero-order chi connectivity index (χ0) is 20.9. The van der Waals surface area contributed by atoms with Gasteiger partial charge in [-0.3, -0.25) is 14.9 Å². The highest BCUT2D eigenvalue weighted by Gasteiger charge is 2.21. The van der Waals surface area contributed by atoms with Crippen molar-refractivity contribution in [2.45, 2.75) is 0 Å². The lowest BCUT2D eigenvalue weighted by molar-refractivity contribution is -0.384. The van der Waals surface area contributed by atoms with Crippen molar-refractivity contribution < 1.29 is 9.72 Å². The first-order chi connectivity index (χ1) is 14.6. The van der Waals surface area contributed by atoms with Crippen LogP contribution in [0, 0.1) is 10.1 Å². The fraction of sp³-hybridized carbons (Fsp3) is 0.211. The van der Waals surface area contributed by atoms with Crippen molar-refractivity contribution in [2.24, 2.45) is 0 Å². The quantitative estimate of drug-likeness (QED) is 0.353. The molecule has 11 heteroatoms. The maximum atomic E-state index is 12.5. The topological polar surface area (TPSA) is 123 Å². The van der Waals surface area contributed by atoms with E-state index in [-0.39, 0.29) is 11.6 Å². The van der Waals surface area contributed by atoms with Crippen molar-refractivity contribution in [3.8, 4) is 5.82 Å². The number of rotatable bonds is 5. The van der Waals surface area contributed by atoms with Crippen LogP contribution in [0.3, 0.4) is 0 Å². The number of hydrogen-bond acceptors (Lipinski definition) is 8. The standard InChI is InChI=1S/C19H18N8O3/c28-19(6-3-15-1-4-16(5-2-15)27(29)30)25-9-7-24(8-10-25)17-11-18(22-13-21-17)26-14-20-12-23-26/h1-6,11-14H,7-10H2/b6-3+. The Labute approximate surface area is 171 Å². The van der Waals surface area contributed by atoms with Crippen LogP contribution in [0.1, 0.15) is 5.56 Å². The molecule has 0 radical (unpaired) electrons. The Hall–Kier alpha value is -4.15. The van der Waals surface area contributed by atoms with Gasteiger partial charge >= 0.3 is 0 Å². The highest BCUT2D eigenvalue weighted by atomic mass is 16.6. The first-order valence-corrected chi connectivity index (χ1v) is 9.23. The van der Waals surface area contributed by atoms with Crippen LogP contribution >= 0.6 is 0 Å². The van der Waals surface area contributed by atoms with Crippen LogP contribution in [0.25, 0.3) is 11.9 Å². The molecule has 0 unspecified atom stereocenters. The minimum atomic E-state index is -0.454. The summed E-state index contributed by atoms with van der Waals surface area (Å²) < 4.78 is 1.56. The van der Waals surface area contributed by atoms with Gasteiger partial charge in [0, 0.05) is 50.5 Å². The van der Waals surface area contributed by atoms with Gasteiger partial charge < -0.3 is 9.80 Å². The average Bonchev–Trinajstić information content (AvgIpc) is 3.33. The number of nitro groups is 1. The summed E-state index contributed by atoms with van der Waals surface area (Å²) in [6, 6.07) is 7.89. The van der Waals surface area contributed by atoms with Crippen LogP contribution in [0.15, 0.2) is 55.4 Å². The molecule has 11 nitrogen and oxygen atoms in total. The van der Waals surface area contributed by atoms with Gasteiger partial charge in [-0.2, -0.15) is 5.10 Å². The van der Waals surface area contributed by atoms with E-state index in [4.69, 9.17) is 0 Å². The van der Waals surface area contributed by atoms with Crippen LogP contribution in [-0.4, -0.2) is 66.6 Å². The van der Waals surface area contributed by atoms with Crippen molar-refractivity contribution in [3.05, 3.63) is 71.1 Å². The second-order valence-corrected chi connectivity index (χ2v) is 6.57. The summed E-state index contributed by atoms with van der Waals surface area (Å²) >= 11 is 0. The van der Waals surface area contributed by atoms with Gasteiger partial charge in [-0.25, -0.2) is 19.6 Å². The molecule has 0 saturated carbocycles. The summed E-state index contributed by atoms with van der Waals surface area (Å²) in [5, 5.41) is 14.8. The third kappa shape index (κ3) is 4.29. The Morgan fingerprint density at radius 2 is 1.77 bits per heavy atom. The number of piperazine rings is 1. The Kier molecular flexibility index (Phi) is 5.42. The molecule has 1 aliphatic rings. The molecular weight excluding hydrogens is 388 g/mol. The van der Waals surface area contributed by atoms with Gasteiger partial charge in [0.1, 0.15) is 24.8 Å². The zero-order valence-corrected chi connectivity index (χ0v) is 15.9. The molecule has 0 aliphatic carbocycles. The molecule has 1 amide bonds. The van der Waals surface area contributed by atoms with E-state index >= 15 is 0 Å². The van der Waals surface area contributed by atoms with Crippen LogP contribution in [0.2, 0.25) is 0 Å². The number of nitrogens with zero attached hydrogens (tertiary/aromatic N) is 8. The van der Waals surface area contributed by atoms with Crippen molar-refractivity contribution in [2.75, 3.05) is 31.1 Å². The SMILES string of the molecule is O=C(/C=C/c1ccc([N+](=O)[O-])cc1)N1CCN(c2cc(-n3cncn3)ncn2)CC1. The van der Waals surface area contributed by atoms with Gasteiger partial charge in [-0.1, -0.05) is 0 Å². The van der Waals surface area contributed by atoms with E-state index in [1.807, 2.05) is 6.07 Å². The maximum Gasteiger partial charge on any atom is 0.269 e.